The number of hydrogen-bond acceptors (Lipinski definition) is 3. The molecule has 0 bridgehead atoms. The molecule has 0 aliphatic heterocycles. The van der Waals surface area contributed by atoms with Gasteiger partial charge < -0.3 is 14.8 Å². The van der Waals surface area contributed by atoms with Gasteiger partial charge in [-0.05, 0) is 38.5 Å². The number of nitrogens with one attached hydrogen (secondary N) is 1. The van der Waals surface area contributed by atoms with Gasteiger partial charge in [0.2, 0.25) is 0 Å². The van der Waals surface area contributed by atoms with Gasteiger partial charge in [0, 0.05) is 12.1 Å². The van der Waals surface area contributed by atoms with Crippen molar-refractivity contribution in [2.75, 3.05) is 6.54 Å². The van der Waals surface area contributed by atoms with Crippen LogP contribution >= 0.6 is 0 Å². The number of rotatable bonds is 5. The quantitative estimate of drug-likeness (QED) is 0.870. The van der Waals surface area contributed by atoms with E-state index >= 15 is 0 Å². The zero-order chi connectivity index (χ0) is 17.9. The largest absolute Gasteiger partial charge is 0.466 e. The molecule has 130 valence electrons. The summed E-state index contributed by atoms with van der Waals surface area (Å²) in [4.78, 5) is 12.0. The van der Waals surface area contributed by atoms with E-state index in [1.165, 1.54) is 12.1 Å². The van der Waals surface area contributed by atoms with Crippen molar-refractivity contribution >= 4 is 5.91 Å². The van der Waals surface area contributed by atoms with Crippen molar-refractivity contribution in [3.8, 4) is 0 Å². The number of benzene rings is 1. The fourth-order valence-corrected chi connectivity index (χ4v) is 2.48. The Bertz CT molecular complexity index is 722. The Kier molecular flexibility index (Phi) is 5.33. The lowest BCUT2D eigenvalue weighted by atomic mass is 10.1. The van der Waals surface area contributed by atoms with Crippen LogP contribution in [-0.2, 0) is 6.18 Å². The van der Waals surface area contributed by atoms with Crippen LogP contribution in [0, 0.1) is 13.8 Å². The molecule has 1 heterocycles. The fourth-order valence-electron chi connectivity index (χ4n) is 2.48. The lowest BCUT2D eigenvalue weighted by molar-refractivity contribution is -0.137. The number of aliphatic hydroxyl groups excluding tert-OH is 1. The summed E-state index contributed by atoms with van der Waals surface area (Å²) < 4.78 is 44.0. The van der Waals surface area contributed by atoms with Crippen LogP contribution < -0.4 is 5.32 Å². The van der Waals surface area contributed by atoms with Crippen molar-refractivity contribution in [3.05, 3.63) is 58.5 Å². The highest BCUT2D eigenvalue weighted by atomic mass is 19.4. The summed E-state index contributed by atoms with van der Waals surface area (Å²) in [6.07, 6.45) is -5.29. The molecular formula is C17H18F3NO3. The topological polar surface area (TPSA) is 62.5 Å². The standard InChI is InChI=1S/C17H18F3NO3/c1-10-9-13(11(2)24-10)15(22)7-8-21-16(23)12-5-3-4-6-14(12)17(18,19)20/h3-6,9,15,22H,7-8H2,1-2H3,(H,21,23)/t15-/m0/s1. The Morgan fingerprint density at radius 2 is 1.96 bits per heavy atom. The first-order valence-corrected chi connectivity index (χ1v) is 7.39. The molecule has 0 spiro atoms. The van der Waals surface area contributed by atoms with Gasteiger partial charge >= 0.3 is 6.18 Å². The van der Waals surface area contributed by atoms with E-state index in [9.17, 15) is 23.1 Å². The van der Waals surface area contributed by atoms with E-state index in [1.807, 2.05) is 0 Å². The van der Waals surface area contributed by atoms with Crippen LogP contribution in [0.5, 0.6) is 0 Å². The number of carbonyl (C=O) groups excluding carboxylic acids is 1. The summed E-state index contributed by atoms with van der Waals surface area (Å²) in [7, 11) is 0. The molecule has 0 aliphatic rings. The molecule has 4 nitrogen and oxygen atoms in total. The van der Waals surface area contributed by atoms with Crippen LogP contribution in [0.15, 0.2) is 34.7 Å². The second-order valence-electron chi connectivity index (χ2n) is 5.47. The molecule has 1 amide bonds. The maximum Gasteiger partial charge on any atom is 0.417 e. The van der Waals surface area contributed by atoms with Crippen LogP contribution in [0.25, 0.3) is 0 Å². The molecule has 24 heavy (non-hydrogen) atoms. The predicted molar refractivity (Wildman–Crippen MR) is 81.5 cm³/mol. The highest BCUT2D eigenvalue weighted by Gasteiger charge is 2.34. The molecule has 2 N–H and O–H groups in total. The SMILES string of the molecule is Cc1cc([C@@H](O)CCNC(=O)c2ccccc2C(F)(F)F)c(C)o1. The molecule has 0 saturated heterocycles. The first-order chi connectivity index (χ1) is 11.2. The average Bonchev–Trinajstić information content (AvgIpc) is 2.85. The number of aryl methyl sites for hydroxylation is 2. The average molecular weight is 341 g/mol. The van der Waals surface area contributed by atoms with Gasteiger partial charge in [0.05, 0.1) is 17.2 Å². The Balaban J connectivity index is 1.98. The summed E-state index contributed by atoms with van der Waals surface area (Å²) in [5, 5.41) is 12.5. The highest BCUT2D eigenvalue weighted by molar-refractivity contribution is 5.95. The monoisotopic (exact) mass is 341 g/mol. The van der Waals surface area contributed by atoms with E-state index in [2.05, 4.69) is 5.32 Å². The zero-order valence-electron chi connectivity index (χ0n) is 13.3. The normalized spacial score (nSPS) is 12.9. The molecule has 0 saturated carbocycles. The number of alkyl halides is 3. The maximum atomic E-state index is 12.9. The third-order valence-electron chi connectivity index (χ3n) is 3.62. The smallest absolute Gasteiger partial charge is 0.417 e. The number of halogens is 3. The minimum Gasteiger partial charge on any atom is -0.466 e. The first-order valence-electron chi connectivity index (χ1n) is 7.39. The summed E-state index contributed by atoms with van der Waals surface area (Å²) in [6.45, 7) is 3.50. The van der Waals surface area contributed by atoms with Crippen molar-refractivity contribution in [1.29, 1.82) is 0 Å². The van der Waals surface area contributed by atoms with Crippen molar-refractivity contribution in [2.24, 2.45) is 0 Å². The molecular weight excluding hydrogens is 323 g/mol. The van der Waals surface area contributed by atoms with E-state index in [1.54, 1.807) is 19.9 Å². The van der Waals surface area contributed by atoms with E-state index in [0.717, 1.165) is 12.1 Å². The predicted octanol–water partition coefficient (Wildman–Crippen LogP) is 3.77. The minimum absolute atomic E-state index is 0.0376. The fraction of sp³-hybridized carbons (Fsp3) is 0.353. The van der Waals surface area contributed by atoms with E-state index in [-0.39, 0.29) is 13.0 Å². The van der Waals surface area contributed by atoms with Crippen LogP contribution in [0.2, 0.25) is 0 Å². The molecule has 0 aliphatic carbocycles. The Hall–Kier alpha value is -2.28. The second-order valence-corrected chi connectivity index (χ2v) is 5.47. The zero-order valence-corrected chi connectivity index (χ0v) is 13.3. The second kappa shape index (κ2) is 7.09. The molecule has 1 aromatic carbocycles. The van der Waals surface area contributed by atoms with Gasteiger partial charge in [-0.25, -0.2) is 0 Å². The van der Waals surface area contributed by atoms with E-state index < -0.39 is 29.3 Å². The molecule has 1 aromatic heterocycles. The van der Waals surface area contributed by atoms with Crippen molar-refractivity contribution < 1.29 is 27.5 Å². The summed E-state index contributed by atoms with van der Waals surface area (Å²) in [5.41, 5.74) is -0.809. The first kappa shape index (κ1) is 18.1. The van der Waals surface area contributed by atoms with Gasteiger partial charge in [-0.2, -0.15) is 13.2 Å². The minimum atomic E-state index is -4.60. The number of amides is 1. The molecule has 0 fully saturated rings. The maximum absolute atomic E-state index is 12.9. The molecule has 2 aromatic rings. The van der Waals surface area contributed by atoms with Crippen LogP contribution in [0.1, 0.15) is 45.5 Å². The van der Waals surface area contributed by atoms with Crippen molar-refractivity contribution in [3.63, 3.8) is 0 Å². The number of aliphatic hydroxyl groups is 1. The third-order valence-corrected chi connectivity index (χ3v) is 3.62. The molecule has 7 heteroatoms. The molecule has 2 rings (SSSR count). The van der Waals surface area contributed by atoms with Gasteiger partial charge in [0.15, 0.2) is 0 Å². The number of carbonyl (C=O) groups is 1. The third kappa shape index (κ3) is 4.17. The number of hydrogen-bond donors (Lipinski definition) is 2. The van der Waals surface area contributed by atoms with Crippen molar-refractivity contribution in [1.82, 2.24) is 5.32 Å². The van der Waals surface area contributed by atoms with Crippen LogP contribution in [-0.4, -0.2) is 17.6 Å². The van der Waals surface area contributed by atoms with Gasteiger partial charge in [0.1, 0.15) is 11.5 Å². The van der Waals surface area contributed by atoms with Crippen LogP contribution in [0.3, 0.4) is 0 Å². The van der Waals surface area contributed by atoms with Gasteiger partial charge in [-0.1, -0.05) is 12.1 Å². The van der Waals surface area contributed by atoms with E-state index in [0.29, 0.717) is 17.1 Å². The lowest BCUT2D eigenvalue weighted by Crippen LogP contribution is -2.28. The molecule has 1 atom stereocenters. The molecule has 0 radical (unpaired) electrons. The van der Waals surface area contributed by atoms with Crippen molar-refractivity contribution in [2.45, 2.75) is 32.5 Å². The lowest BCUT2D eigenvalue weighted by Gasteiger charge is -2.14. The van der Waals surface area contributed by atoms with Gasteiger partial charge in [-0.15, -0.1) is 0 Å². The van der Waals surface area contributed by atoms with Crippen LogP contribution in [0.4, 0.5) is 13.2 Å². The van der Waals surface area contributed by atoms with E-state index in [4.69, 9.17) is 4.42 Å². The van der Waals surface area contributed by atoms with Gasteiger partial charge in [-0.3, -0.25) is 4.79 Å². The summed E-state index contributed by atoms with van der Waals surface area (Å²) >= 11 is 0. The van der Waals surface area contributed by atoms with Gasteiger partial charge in [0.25, 0.3) is 5.91 Å². The Morgan fingerprint density at radius 1 is 1.29 bits per heavy atom. The number of furan rings is 1. The Morgan fingerprint density at radius 3 is 2.54 bits per heavy atom. The summed E-state index contributed by atoms with van der Waals surface area (Å²) in [6, 6.07) is 6.28. The highest BCUT2D eigenvalue weighted by Crippen LogP contribution is 2.31. The molecule has 0 unspecified atom stereocenters. The summed E-state index contributed by atoms with van der Waals surface area (Å²) in [5.74, 6) is 0.411. The Labute approximate surface area is 137 Å².